The number of carbonyl (C=O) groups excluding carboxylic acids is 3. The van der Waals surface area contributed by atoms with E-state index in [4.69, 9.17) is 24.7 Å². The molecule has 0 saturated carbocycles. The average molecular weight is 578 g/mol. The van der Waals surface area contributed by atoms with Gasteiger partial charge in [-0.15, -0.1) is 0 Å². The first-order valence-corrected chi connectivity index (χ1v) is 14.5. The Labute approximate surface area is 242 Å². The van der Waals surface area contributed by atoms with Crippen molar-refractivity contribution in [3.8, 4) is 0 Å². The summed E-state index contributed by atoms with van der Waals surface area (Å²) >= 11 is 0. The minimum atomic E-state index is -0.802. The zero-order valence-corrected chi connectivity index (χ0v) is 24.8. The number of nitrogens with two attached hydrogens (primary N) is 1. The number of nitrogens with one attached hydrogen (secondary N) is 2. The van der Waals surface area contributed by atoms with Crippen molar-refractivity contribution in [1.29, 1.82) is 0 Å². The quantitative estimate of drug-likeness (QED) is 0.116. The van der Waals surface area contributed by atoms with Crippen LogP contribution in [0, 0.1) is 5.92 Å². The van der Waals surface area contributed by atoms with E-state index in [1.807, 2.05) is 26.0 Å². The van der Waals surface area contributed by atoms with Crippen LogP contribution in [0.4, 0.5) is 0 Å². The Morgan fingerprint density at radius 2 is 1.93 bits per heavy atom. The molecular formula is C30H47N3O8. The normalized spacial score (nSPS) is 34.5. The summed E-state index contributed by atoms with van der Waals surface area (Å²) in [7, 11) is 0. The van der Waals surface area contributed by atoms with Crippen LogP contribution in [0.25, 0.3) is 0 Å². The summed E-state index contributed by atoms with van der Waals surface area (Å²) in [6, 6.07) is -0.125. The number of epoxide rings is 1. The van der Waals surface area contributed by atoms with E-state index in [0.717, 1.165) is 12.0 Å². The fourth-order valence-corrected chi connectivity index (χ4v) is 5.38. The van der Waals surface area contributed by atoms with Crippen LogP contribution in [-0.4, -0.2) is 90.9 Å². The van der Waals surface area contributed by atoms with E-state index in [2.05, 4.69) is 23.6 Å². The predicted octanol–water partition coefficient (Wildman–Crippen LogP) is 1.44. The predicted molar refractivity (Wildman–Crippen MR) is 153 cm³/mol. The molecule has 5 N–H and O–H groups in total. The van der Waals surface area contributed by atoms with Gasteiger partial charge in [0.1, 0.15) is 23.9 Å². The maximum absolute atomic E-state index is 12.4. The molecule has 3 rings (SSSR count). The van der Waals surface area contributed by atoms with E-state index in [1.54, 1.807) is 13.0 Å². The third kappa shape index (κ3) is 10.0. The van der Waals surface area contributed by atoms with Crippen LogP contribution in [0.3, 0.4) is 0 Å². The van der Waals surface area contributed by atoms with Crippen molar-refractivity contribution in [2.45, 2.75) is 109 Å². The number of ether oxygens (including phenoxy) is 4. The Morgan fingerprint density at radius 3 is 2.59 bits per heavy atom. The molecule has 0 bridgehead atoms. The van der Waals surface area contributed by atoms with Crippen LogP contribution in [0.5, 0.6) is 0 Å². The lowest BCUT2D eigenvalue weighted by Gasteiger charge is -2.39. The van der Waals surface area contributed by atoms with E-state index < -0.39 is 29.9 Å². The highest BCUT2D eigenvalue weighted by atomic mass is 16.6. The molecule has 0 aromatic carbocycles. The Morgan fingerprint density at radius 1 is 1.20 bits per heavy atom. The van der Waals surface area contributed by atoms with E-state index in [9.17, 15) is 19.5 Å². The number of aliphatic hydroxyl groups excluding tert-OH is 1. The molecule has 3 heterocycles. The van der Waals surface area contributed by atoms with Gasteiger partial charge in [-0.05, 0) is 45.6 Å². The molecule has 0 aromatic rings. The zero-order valence-electron chi connectivity index (χ0n) is 24.8. The number of amides is 2. The van der Waals surface area contributed by atoms with Gasteiger partial charge >= 0.3 is 5.97 Å². The SMILES string of the molecule is CC(=O)O[C@@H](C)/C=C\C(=O)N[C@@H]1C[C@H](C)[C@H](C/C=C(C)/C=C/[C@H]2O[C@H](CC(=O)NCCN)C[C@@]3(CO3)[C@@H]2O)O[C@@H]1C. The van der Waals surface area contributed by atoms with Gasteiger partial charge in [-0.25, -0.2) is 0 Å². The molecular weight excluding hydrogens is 530 g/mol. The van der Waals surface area contributed by atoms with Gasteiger partial charge in [0.2, 0.25) is 11.8 Å². The zero-order chi connectivity index (χ0) is 30.2. The van der Waals surface area contributed by atoms with Crippen molar-refractivity contribution >= 4 is 17.8 Å². The van der Waals surface area contributed by atoms with E-state index in [-0.39, 0.29) is 48.5 Å². The Kier molecular flexibility index (Phi) is 12.1. The summed E-state index contributed by atoms with van der Waals surface area (Å²) in [6.07, 6.45) is 8.56. The van der Waals surface area contributed by atoms with Gasteiger partial charge in [-0.3, -0.25) is 14.4 Å². The molecule has 230 valence electrons. The lowest BCUT2D eigenvalue weighted by Crippen LogP contribution is -2.51. The van der Waals surface area contributed by atoms with Crippen LogP contribution in [0.2, 0.25) is 0 Å². The molecule has 0 radical (unpaired) electrons. The fraction of sp³-hybridized carbons (Fsp3) is 0.700. The highest BCUT2D eigenvalue weighted by Crippen LogP contribution is 2.43. The van der Waals surface area contributed by atoms with Gasteiger partial charge in [0, 0.05) is 32.5 Å². The highest BCUT2D eigenvalue weighted by molar-refractivity contribution is 5.87. The van der Waals surface area contributed by atoms with Crippen molar-refractivity contribution < 1.29 is 38.4 Å². The van der Waals surface area contributed by atoms with Crippen molar-refractivity contribution in [2.24, 2.45) is 11.7 Å². The first kappa shape index (κ1) is 32.9. The van der Waals surface area contributed by atoms with Gasteiger partial charge in [-0.2, -0.15) is 0 Å². The first-order chi connectivity index (χ1) is 19.4. The molecule has 1 spiro atoms. The van der Waals surface area contributed by atoms with Crippen LogP contribution < -0.4 is 16.4 Å². The number of hydrogen-bond acceptors (Lipinski definition) is 9. The maximum atomic E-state index is 12.4. The number of hydrogen-bond donors (Lipinski definition) is 4. The molecule has 41 heavy (non-hydrogen) atoms. The van der Waals surface area contributed by atoms with Gasteiger partial charge in [0.05, 0.1) is 37.4 Å². The number of allylic oxidation sites excluding steroid dienone is 2. The summed E-state index contributed by atoms with van der Waals surface area (Å²) in [5.74, 6) is -0.559. The number of aliphatic hydroxyl groups is 1. The van der Waals surface area contributed by atoms with E-state index >= 15 is 0 Å². The summed E-state index contributed by atoms with van der Waals surface area (Å²) in [5, 5.41) is 16.6. The third-order valence-electron chi connectivity index (χ3n) is 7.80. The molecule has 11 nitrogen and oxygen atoms in total. The second-order valence-electron chi connectivity index (χ2n) is 11.5. The van der Waals surface area contributed by atoms with Crippen LogP contribution >= 0.6 is 0 Å². The first-order valence-electron chi connectivity index (χ1n) is 14.5. The number of carbonyl (C=O) groups is 3. The maximum Gasteiger partial charge on any atom is 0.303 e. The van der Waals surface area contributed by atoms with Crippen LogP contribution in [0.1, 0.15) is 60.3 Å². The topological polar surface area (TPSA) is 162 Å². The number of esters is 1. The third-order valence-corrected chi connectivity index (χ3v) is 7.80. The molecule has 3 aliphatic rings. The highest BCUT2D eigenvalue weighted by Gasteiger charge is 2.58. The largest absolute Gasteiger partial charge is 0.459 e. The Bertz CT molecular complexity index is 1010. The molecule has 0 aliphatic carbocycles. The van der Waals surface area contributed by atoms with Gasteiger partial charge < -0.3 is 40.4 Å². The van der Waals surface area contributed by atoms with Gasteiger partial charge in [-0.1, -0.05) is 30.7 Å². The molecule has 11 heteroatoms. The Balaban J connectivity index is 1.49. The van der Waals surface area contributed by atoms with Crippen molar-refractivity contribution in [1.82, 2.24) is 10.6 Å². The summed E-state index contributed by atoms with van der Waals surface area (Å²) < 4.78 is 22.9. The van der Waals surface area contributed by atoms with Crippen LogP contribution in [-0.2, 0) is 33.3 Å². The Hall–Kier alpha value is -2.57. The monoisotopic (exact) mass is 577 g/mol. The molecule has 3 aliphatic heterocycles. The second-order valence-corrected chi connectivity index (χ2v) is 11.5. The summed E-state index contributed by atoms with van der Waals surface area (Å²) in [6.45, 7) is 10.3. The summed E-state index contributed by atoms with van der Waals surface area (Å²) in [5.41, 5.74) is 5.82. The molecule has 0 unspecified atom stereocenters. The minimum Gasteiger partial charge on any atom is -0.459 e. The number of rotatable bonds is 12. The molecule has 3 fully saturated rings. The van der Waals surface area contributed by atoms with Gasteiger partial charge in [0.25, 0.3) is 0 Å². The van der Waals surface area contributed by atoms with Crippen molar-refractivity contribution in [3.63, 3.8) is 0 Å². The molecule has 9 atom stereocenters. The van der Waals surface area contributed by atoms with E-state index in [1.165, 1.54) is 13.0 Å². The second kappa shape index (κ2) is 15.1. The van der Waals surface area contributed by atoms with Crippen molar-refractivity contribution in [3.05, 3.63) is 36.0 Å². The van der Waals surface area contributed by atoms with Gasteiger partial charge in [0.15, 0.2) is 0 Å². The van der Waals surface area contributed by atoms with Crippen LogP contribution in [0.15, 0.2) is 36.0 Å². The lowest BCUT2D eigenvalue weighted by atomic mass is 9.87. The standard InChI is InChI=1S/C30H47N3O8/c1-18(7-10-26-29(37)30(17-38-30)16-23(41-26)15-28(36)32-13-12-31)6-9-25-19(2)14-24(21(4)40-25)33-27(35)11-8-20(3)39-22(5)34/h6-8,10-11,19-21,23-26,29,37H,9,12-17,31H2,1-5H3,(H,32,36)(H,33,35)/b10-7+,11-8-,18-6+/t19-,20-,21+,23+,24+,25-,26+,29+,30+/m0/s1. The lowest BCUT2D eigenvalue weighted by molar-refractivity contribution is -0.145. The smallest absolute Gasteiger partial charge is 0.303 e. The van der Waals surface area contributed by atoms with E-state index in [0.29, 0.717) is 32.5 Å². The average Bonchev–Trinajstić information content (AvgIpc) is 3.68. The fourth-order valence-electron chi connectivity index (χ4n) is 5.38. The molecule has 0 aromatic heterocycles. The van der Waals surface area contributed by atoms with Crippen molar-refractivity contribution in [2.75, 3.05) is 19.7 Å². The molecule has 3 saturated heterocycles. The molecule has 2 amide bonds. The minimum absolute atomic E-state index is 0.00268. The summed E-state index contributed by atoms with van der Waals surface area (Å²) in [4.78, 5) is 35.6.